The first-order chi connectivity index (χ1) is 15.1. The zero-order valence-electron chi connectivity index (χ0n) is 18.4. The molecule has 2 aliphatic heterocycles. The van der Waals surface area contributed by atoms with E-state index < -0.39 is 0 Å². The molecule has 1 amide bonds. The number of hydrogen-bond acceptors (Lipinski definition) is 7. The SMILES string of the molecule is CCCCCNc1nc(N)c2c(n1)N(Cc1cccc(CN3CCCC3)c1)CC(=O)N2. The molecule has 31 heavy (non-hydrogen) atoms. The van der Waals surface area contributed by atoms with Crippen LogP contribution in [0.15, 0.2) is 24.3 Å². The van der Waals surface area contributed by atoms with Gasteiger partial charge in [0.1, 0.15) is 5.69 Å². The van der Waals surface area contributed by atoms with Gasteiger partial charge in [-0.3, -0.25) is 9.69 Å². The minimum atomic E-state index is -0.0975. The van der Waals surface area contributed by atoms with Crippen LogP contribution in [0.3, 0.4) is 0 Å². The summed E-state index contributed by atoms with van der Waals surface area (Å²) >= 11 is 0. The van der Waals surface area contributed by atoms with Crippen molar-refractivity contribution in [1.29, 1.82) is 0 Å². The molecule has 1 saturated heterocycles. The Kier molecular flexibility index (Phi) is 6.86. The van der Waals surface area contributed by atoms with Gasteiger partial charge < -0.3 is 21.3 Å². The molecule has 0 radical (unpaired) electrons. The van der Waals surface area contributed by atoms with Crippen LogP contribution in [-0.2, 0) is 17.9 Å². The zero-order chi connectivity index (χ0) is 21.6. The number of carbonyl (C=O) groups is 1. The minimum Gasteiger partial charge on any atom is -0.382 e. The lowest BCUT2D eigenvalue weighted by molar-refractivity contribution is -0.115. The van der Waals surface area contributed by atoms with Gasteiger partial charge in [0, 0.05) is 19.6 Å². The van der Waals surface area contributed by atoms with Crippen molar-refractivity contribution in [1.82, 2.24) is 14.9 Å². The molecule has 1 aromatic heterocycles. The summed E-state index contributed by atoms with van der Waals surface area (Å²) in [7, 11) is 0. The van der Waals surface area contributed by atoms with Crippen LogP contribution in [0.1, 0.15) is 50.2 Å². The maximum atomic E-state index is 12.3. The van der Waals surface area contributed by atoms with Crippen molar-refractivity contribution < 1.29 is 4.79 Å². The van der Waals surface area contributed by atoms with Gasteiger partial charge in [-0.2, -0.15) is 9.97 Å². The Morgan fingerprint density at radius 2 is 1.90 bits per heavy atom. The molecule has 0 aliphatic carbocycles. The molecule has 0 unspecified atom stereocenters. The number of amides is 1. The van der Waals surface area contributed by atoms with Crippen LogP contribution in [0.4, 0.5) is 23.3 Å². The van der Waals surface area contributed by atoms with E-state index in [1.165, 1.54) is 31.5 Å². The number of aromatic nitrogens is 2. The summed E-state index contributed by atoms with van der Waals surface area (Å²) < 4.78 is 0. The number of nitrogens with two attached hydrogens (primary N) is 1. The first-order valence-electron chi connectivity index (χ1n) is 11.4. The molecule has 2 aromatic rings. The zero-order valence-corrected chi connectivity index (χ0v) is 18.4. The lowest BCUT2D eigenvalue weighted by Gasteiger charge is -2.30. The van der Waals surface area contributed by atoms with E-state index in [2.05, 4.69) is 51.7 Å². The van der Waals surface area contributed by atoms with Crippen molar-refractivity contribution in [2.45, 2.75) is 52.1 Å². The lowest BCUT2D eigenvalue weighted by Crippen LogP contribution is -2.39. The Labute approximate surface area is 184 Å². The van der Waals surface area contributed by atoms with Crippen LogP contribution >= 0.6 is 0 Å². The third-order valence-corrected chi connectivity index (χ3v) is 5.85. The van der Waals surface area contributed by atoms with Crippen LogP contribution in [0.5, 0.6) is 0 Å². The highest BCUT2D eigenvalue weighted by Crippen LogP contribution is 2.33. The number of unbranched alkanes of at least 4 members (excludes halogenated alkanes) is 2. The number of likely N-dealkylation sites (tertiary alicyclic amines) is 1. The van der Waals surface area contributed by atoms with Crippen molar-refractivity contribution in [3.63, 3.8) is 0 Å². The van der Waals surface area contributed by atoms with Crippen LogP contribution in [0.2, 0.25) is 0 Å². The molecule has 8 nitrogen and oxygen atoms in total. The van der Waals surface area contributed by atoms with Crippen molar-refractivity contribution in [2.24, 2.45) is 0 Å². The van der Waals surface area contributed by atoms with E-state index in [4.69, 9.17) is 10.7 Å². The van der Waals surface area contributed by atoms with E-state index in [1.54, 1.807) is 0 Å². The summed E-state index contributed by atoms with van der Waals surface area (Å²) in [6, 6.07) is 8.62. The molecule has 2 aliphatic rings. The third-order valence-electron chi connectivity index (χ3n) is 5.85. The highest BCUT2D eigenvalue weighted by atomic mass is 16.2. The third kappa shape index (κ3) is 5.44. The molecule has 0 bridgehead atoms. The molecule has 1 fully saturated rings. The predicted molar refractivity (Wildman–Crippen MR) is 125 cm³/mol. The van der Waals surface area contributed by atoms with Gasteiger partial charge in [-0.25, -0.2) is 0 Å². The van der Waals surface area contributed by atoms with Gasteiger partial charge in [0.15, 0.2) is 11.6 Å². The maximum absolute atomic E-state index is 12.3. The molecule has 1 aromatic carbocycles. The second-order valence-electron chi connectivity index (χ2n) is 8.47. The summed E-state index contributed by atoms with van der Waals surface area (Å²) in [5, 5.41) is 6.11. The van der Waals surface area contributed by atoms with Gasteiger partial charge in [-0.05, 0) is 43.5 Å². The fourth-order valence-corrected chi connectivity index (χ4v) is 4.27. The smallest absolute Gasteiger partial charge is 0.244 e. The molecule has 8 heteroatoms. The van der Waals surface area contributed by atoms with E-state index in [-0.39, 0.29) is 12.5 Å². The van der Waals surface area contributed by atoms with Crippen molar-refractivity contribution in [2.75, 3.05) is 47.4 Å². The highest BCUT2D eigenvalue weighted by Gasteiger charge is 2.27. The number of hydrogen-bond donors (Lipinski definition) is 3. The molecule has 4 rings (SSSR count). The summed E-state index contributed by atoms with van der Waals surface area (Å²) in [6.45, 7) is 7.15. The van der Waals surface area contributed by atoms with E-state index in [0.717, 1.165) is 37.9 Å². The van der Waals surface area contributed by atoms with Crippen molar-refractivity contribution >= 4 is 29.2 Å². The Morgan fingerprint density at radius 3 is 2.68 bits per heavy atom. The quantitative estimate of drug-likeness (QED) is 0.533. The fourth-order valence-electron chi connectivity index (χ4n) is 4.27. The van der Waals surface area contributed by atoms with Gasteiger partial charge in [0.2, 0.25) is 11.9 Å². The largest absolute Gasteiger partial charge is 0.382 e. The number of nitrogen functional groups attached to an aromatic ring is 1. The first-order valence-corrected chi connectivity index (χ1v) is 11.4. The number of benzene rings is 1. The lowest BCUT2D eigenvalue weighted by atomic mass is 10.1. The van der Waals surface area contributed by atoms with Crippen molar-refractivity contribution in [3.8, 4) is 0 Å². The van der Waals surface area contributed by atoms with Crippen LogP contribution in [0, 0.1) is 0 Å². The van der Waals surface area contributed by atoms with E-state index in [0.29, 0.717) is 29.8 Å². The van der Waals surface area contributed by atoms with Crippen LogP contribution < -0.4 is 21.3 Å². The molecule has 4 N–H and O–H groups in total. The molecular weight excluding hydrogens is 390 g/mol. The number of rotatable bonds is 9. The topological polar surface area (TPSA) is 99.4 Å². The molecular formula is C23H33N7O. The van der Waals surface area contributed by atoms with E-state index >= 15 is 0 Å². The Morgan fingerprint density at radius 1 is 1.13 bits per heavy atom. The number of anilines is 4. The highest BCUT2D eigenvalue weighted by molar-refractivity contribution is 6.03. The van der Waals surface area contributed by atoms with Gasteiger partial charge in [-0.1, -0.05) is 44.0 Å². The van der Waals surface area contributed by atoms with Gasteiger partial charge >= 0.3 is 0 Å². The summed E-state index contributed by atoms with van der Waals surface area (Å²) in [4.78, 5) is 25.8. The van der Waals surface area contributed by atoms with Gasteiger partial charge in [0.25, 0.3) is 0 Å². The minimum absolute atomic E-state index is 0.0975. The van der Waals surface area contributed by atoms with Gasteiger partial charge in [0.05, 0.1) is 6.54 Å². The second-order valence-corrected chi connectivity index (χ2v) is 8.47. The summed E-state index contributed by atoms with van der Waals surface area (Å²) in [5.41, 5.74) is 9.14. The molecule has 3 heterocycles. The average molecular weight is 424 g/mol. The summed E-state index contributed by atoms with van der Waals surface area (Å²) in [6.07, 6.45) is 5.95. The Hall–Kier alpha value is -2.87. The average Bonchev–Trinajstić information content (AvgIpc) is 3.25. The normalized spacial score (nSPS) is 16.3. The van der Waals surface area contributed by atoms with E-state index in [9.17, 15) is 4.79 Å². The number of carbonyl (C=O) groups excluding carboxylic acids is 1. The van der Waals surface area contributed by atoms with Crippen molar-refractivity contribution in [3.05, 3.63) is 35.4 Å². The number of fused-ring (bicyclic) bond motifs is 1. The van der Waals surface area contributed by atoms with Crippen LogP contribution in [-0.4, -0.2) is 47.0 Å². The second kappa shape index (κ2) is 9.96. The molecule has 0 saturated carbocycles. The predicted octanol–water partition coefficient (Wildman–Crippen LogP) is 3.22. The molecule has 0 spiro atoms. The van der Waals surface area contributed by atoms with E-state index in [1.807, 2.05) is 4.90 Å². The standard InChI is InChI=1S/C23H33N7O/c1-2-3-4-10-25-23-27-21(24)20-22(28-23)30(16-19(31)26-20)15-18-9-7-8-17(13-18)14-29-11-5-6-12-29/h7-9,13H,2-6,10-12,14-16H2,1H3,(H,26,31)(H3,24,25,27,28). The maximum Gasteiger partial charge on any atom is 0.244 e. The van der Waals surface area contributed by atoms with Gasteiger partial charge in [-0.15, -0.1) is 0 Å². The van der Waals surface area contributed by atoms with Crippen LogP contribution in [0.25, 0.3) is 0 Å². The Bertz CT molecular complexity index is 911. The number of nitrogens with one attached hydrogen (secondary N) is 2. The Balaban J connectivity index is 1.51. The molecule has 166 valence electrons. The molecule has 0 atom stereocenters. The summed E-state index contributed by atoms with van der Waals surface area (Å²) in [5.74, 6) is 1.38. The number of nitrogens with zero attached hydrogens (tertiary/aromatic N) is 4. The first kappa shape index (κ1) is 21.4. The fraction of sp³-hybridized carbons (Fsp3) is 0.522. The monoisotopic (exact) mass is 423 g/mol.